The Kier molecular flexibility index (Phi) is 5.54. The van der Waals surface area contributed by atoms with Crippen molar-refractivity contribution in [2.75, 3.05) is 13.2 Å². The van der Waals surface area contributed by atoms with E-state index in [9.17, 15) is 9.90 Å². The third-order valence-electron chi connectivity index (χ3n) is 3.16. The molecule has 0 saturated heterocycles. The van der Waals surface area contributed by atoms with Gasteiger partial charge in [0.15, 0.2) is 5.69 Å². The van der Waals surface area contributed by atoms with Crippen molar-refractivity contribution in [3.8, 4) is 5.75 Å². The summed E-state index contributed by atoms with van der Waals surface area (Å²) < 4.78 is 11.9. The van der Waals surface area contributed by atoms with Gasteiger partial charge in [-0.1, -0.05) is 24.8 Å². The van der Waals surface area contributed by atoms with Crippen LogP contribution in [-0.2, 0) is 11.8 Å². The molecule has 0 aliphatic heterocycles. The number of aromatic nitrogens is 2. The number of nitrogens with zero attached hydrogens (tertiary/aromatic N) is 2. The summed E-state index contributed by atoms with van der Waals surface area (Å²) in [6, 6.07) is 7.04. The topological polar surface area (TPSA) is 73.6 Å². The SMILES string of the molecule is C=CCOc1cccc(C(O)c2cn(C)nc2C(=O)OCC)c1. The molecule has 6 nitrogen and oxygen atoms in total. The van der Waals surface area contributed by atoms with E-state index in [1.807, 2.05) is 0 Å². The van der Waals surface area contributed by atoms with Gasteiger partial charge >= 0.3 is 5.97 Å². The van der Waals surface area contributed by atoms with Gasteiger partial charge in [-0.15, -0.1) is 0 Å². The van der Waals surface area contributed by atoms with Gasteiger partial charge in [-0.25, -0.2) is 4.79 Å². The number of hydrogen-bond acceptors (Lipinski definition) is 5. The van der Waals surface area contributed by atoms with E-state index in [2.05, 4.69) is 11.7 Å². The maximum Gasteiger partial charge on any atom is 0.359 e. The van der Waals surface area contributed by atoms with Crippen molar-refractivity contribution in [1.29, 1.82) is 0 Å². The molecule has 0 fully saturated rings. The standard InChI is InChI=1S/C17H20N2O4/c1-4-9-23-13-8-6-7-12(10-13)16(20)14-11-19(3)18-15(14)17(21)22-5-2/h4,6-8,10-11,16,20H,1,5,9H2,2-3H3. The Hall–Kier alpha value is -2.60. The predicted molar refractivity (Wildman–Crippen MR) is 85.4 cm³/mol. The van der Waals surface area contributed by atoms with E-state index in [0.29, 0.717) is 23.5 Å². The van der Waals surface area contributed by atoms with Crippen LogP contribution in [0.15, 0.2) is 43.1 Å². The van der Waals surface area contributed by atoms with Crippen molar-refractivity contribution in [2.24, 2.45) is 7.05 Å². The van der Waals surface area contributed by atoms with Gasteiger partial charge in [0.1, 0.15) is 18.5 Å². The number of carbonyl (C=O) groups is 1. The number of aryl methyl sites for hydroxylation is 1. The van der Waals surface area contributed by atoms with E-state index >= 15 is 0 Å². The molecule has 23 heavy (non-hydrogen) atoms. The van der Waals surface area contributed by atoms with Crippen molar-refractivity contribution >= 4 is 5.97 Å². The van der Waals surface area contributed by atoms with Gasteiger partial charge in [-0.05, 0) is 24.6 Å². The van der Waals surface area contributed by atoms with Crippen LogP contribution in [0.5, 0.6) is 5.75 Å². The maximum absolute atomic E-state index is 12.0. The van der Waals surface area contributed by atoms with E-state index in [1.54, 1.807) is 50.5 Å². The molecule has 0 radical (unpaired) electrons. The zero-order valence-electron chi connectivity index (χ0n) is 13.2. The lowest BCUT2D eigenvalue weighted by atomic mass is 10.0. The number of carbonyl (C=O) groups excluding carboxylic acids is 1. The second-order valence-corrected chi connectivity index (χ2v) is 4.90. The van der Waals surface area contributed by atoms with Crippen LogP contribution in [0.4, 0.5) is 0 Å². The smallest absolute Gasteiger partial charge is 0.359 e. The first-order chi connectivity index (χ1) is 11.1. The Morgan fingerprint density at radius 3 is 3.00 bits per heavy atom. The van der Waals surface area contributed by atoms with Crippen LogP contribution >= 0.6 is 0 Å². The van der Waals surface area contributed by atoms with Gasteiger partial charge in [-0.2, -0.15) is 5.10 Å². The molecule has 1 aromatic heterocycles. The van der Waals surface area contributed by atoms with Crippen molar-refractivity contribution in [1.82, 2.24) is 9.78 Å². The normalized spacial score (nSPS) is 11.8. The summed E-state index contributed by atoms with van der Waals surface area (Å²) in [5.41, 5.74) is 1.11. The summed E-state index contributed by atoms with van der Waals surface area (Å²) in [6.45, 7) is 5.94. The van der Waals surface area contributed by atoms with Crippen molar-refractivity contribution in [3.05, 3.63) is 59.9 Å². The Morgan fingerprint density at radius 2 is 2.30 bits per heavy atom. The van der Waals surface area contributed by atoms with Crippen LogP contribution in [0, 0.1) is 0 Å². The largest absolute Gasteiger partial charge is 0.490 e. The second kappa shape index (κ2) is 7.60. The Balaban J connectivity index is 2.31. The summed E-state index contributed by atoms with van der Waals surface area (Å²) in [7, 11) is 1.68. The summed E-state index contributed by atoms with van der Waals surface area (Å²) in [5, 5.41) is 14.7. The number of esters is 1. The molecule has 0 aliphatic rings. The van der Waals surface area contributed by atoms with Crippen LogP contribution in [0.3, 0.4) is 0 Å². The molecule has 6 heteroatoms. The molecule has 1 unspecified atom stereocenters. The van der Waals surface area contributed by atoms with E-state index in [1.165, 1.54) is 4.68 Å². The average molecular weight is 316 g/mol. The zero-order valence-corrected chi connectivity index (χ0v) is 13.2. The highest BCUT2D eigenvalue weighted by Crippen LogP contribution is 2.27. The summed E-state index contributed by atoms with van der Waals surface area (Å²) >= 11 is 0. The minimum atomic E-state index is -1.00. The van der Waals surface area contributed by atoms with Crippen molar-refractivity contribution in [3.63, 3.8) is 0 Å². The van der Waals surface area contributed by atoms with Crippen molar-refractivity contribution < 1.29 is 19.4 Å². The molecule has 1 N–H and O–H groups in total. The highest BCUT2D eigenvalue weighted by Gasteiger charge is 2.24. The molecule has 0 saturated carbocycles. The molecule has 1 atom stereocenters. The van der Waals surface area contributed by atoms with Gasteiger partial charge in [0.05, 0.1) is 6.61 Å². The number of benzene rings is 1. The molecule has 122 valence electrons. The fourth-order valence-corrected chi connectivity index (χ4v) is 2.17. The number of ether oxygens (including phenoxy) is 2. The third-order valence-corrected chi connectivity index (χ3v) is 3.16. The summed E-state index contributed by atoms with van der Waals surface area (Å²) in [4.78, 5) is 12.0. The van der Waals surface area contributed by atoms with E-state index < -0.39 is 12.1 Å². The monoisotopic (exact) mass is 316 g/mol. The van der Waals surface area contributed by atoms with Crippen LogP contribution in [0.1, 0.15) is 34.6 Å². The molecule has 1 aromatic carbocycles. The summed E-state index contributed by atoms with van der Waals surface area (Å²) in [6.07, 6.45) is 2.24. The molecule has 0 amide bonds. The first-order valence-corrected chi connectivity index (χ1v) is 7.29. The van der Waals surface area contributed by atoms with Gasteiger partial charge in [0.25, 0.3) is 0 Å². The van der Waals surface area contributed by atoms with Crippen LogP contribution < -0.4 is 4.74 Å². The molecule has 2 rings (SSSR count). The van der Waals surface area contributed by atoms with Gasteiger partial charge in [0, 0.05) is 18.8 Å². The number of rotatable bonds is 7. The first kappa shape index (κ1) is 16.8. The van der Waals surface area contributed by atoms with Gasteiger partial charge in [0.2, 0.25) is 0 Å². The van der Waals surface area contributed by atoms with Gasteiger partial charge < -0.3 is 14.6 Å². The third kappa shape index (κ3) is 3.98. The number of hydrogen-bond donors (Lipinski definition) is 1. The highest BCUT2D eigenvalue weighted by atomic mass is 16.5. The van der Waals surface area contributed by atoms with Crippen LogP contribution in [-0.4, -0.2) is 34.1 Å². The second-order valence-electron chi connectivity index (χ2n) is 4.90. The van der Waals surface area contributed by atoms with Crippen LogP contribution in [0.25, 0.3) is 0 Å². The number of aliphatic hydroxyl groups excluding tert-OH is 1. The Bertz CT molecular complexity index is 694. The Morgan fingerprint density at radius 1 is 1.52 bits per heavy atom. The fourth-order valence-electron chi connectivity index (χ4n) is 2.17. The predicted octanol–water partition coefficient (Wildman–Crippen LogP) is 2.24. The molecule has 1 heterocycles. The molecular weight excluding hydrogens is 296 g/mol. The lowest BCUT2D eigenvalue weighted by Crippen LogP contribution is -2.11. The average Bonchev–Trinajstić information content (AvgIpc) is 2.94. The highest BCUT2D eigenvalue weighted by molar-refractivity contribution is 5.89. The van der Waals surface area contributed by atoms with E-state index in [4.69, 9.17) is 9.47 Å². The van der Waals surface area contributed by atoms with E-state index in [0.717, 1.165) is 0 Å². The fraction of sp³-hybridized carbons (Fsp3) is 0.294. The van der Waals surface area contributed by atoms with Crippen LogP contribution in [0.2, 0.25) is 0 Å². The number of aliphatic hydroxyl groups is 1. The maximum atomic E-state index is 12.0. The van der Waals surface area contributed by atoms with Gasteiger partial charge in [-0.3, -0.25) is 4.68 Å². The zero-order chi connectivity index (χ0) is 16.8. The molecule has 2 aromatic rings. The van der Waals surface area contributed by atoms with E-state index in [-0.39, 0.29) is 12.3 Å². The lowest BCUT2D eigenvalue weighted by Gasteiger charge is -2.12. The summed E-state index contributed by atoms with van der Waals surface area (Å²) in [5.74, 6) is 0.0595. The quantitative estimate of drug-likeness (QED) is 0.626. The lowest BCUT2D eigenvalue weighted by molar-refractivity contribution is 0.0513. The molecular formula is C17H20N2O4. The molecule has 0 aliphatic carbocycles. The minimum Gasteiger partial charge on any atom is -0.490 e. The first-order valence-electron chi connectivity index (χ1n) is 7.29. The minimum absolute atomic E-state index is 0.110. The Labute approximate surface area is 135 Å². The molecule has 0 spiro atoms. The molecule has 0 bridgehead atoms. The van der Waals surface area contributed by atoms with Crippen molar-refractivity contribution in [2.45, 2.75) is 13.0 Å².